The van der Waals surface area contributed by atoms with E-state index in [4.69, 9.17) is 5.26 Å². The quantitative estimate of drug-likeness (QED) is 0.505. The summed E-state index contributed by atoms with van der Waals surface area (Å²) in [5, 5.41) is 11.9. The molecule has 4 rings (SSSR count). The van der Waals surface area contributed by atoms with E-state index in [0.29, 0.717) is 25.2 Å². The van der Waals surface area contributed by atoms with E-state index >= 15 is 0 Å². The average Bonchev–Trinajstić information content (AvgIpc) is 3.28. The number of pyridine rings is 1. The van der Waals surface area contributed by atoms with E-state index in [1.807, 2.05) is 6.07 Å². The Morgan fingerprint density at radius 3 is 2.50 bits per heavy atom. The van der Waals surface area contributed by atoms with E-state index in [1.165, 1.54) is 4.90 Å². The number of fused-ring (bicyclic) bond motifs is 5. The fourth-order valence-corrected chi connectivity index (χ4v) is 4.22. The number of carbonyl (C=O) groups is 2. The third-order valence-electron chi connectivity index (χ3n) is 5.33. The first kappa shape index (κ1) is 14.9. The molecule has 0 unspecified atom stereocenters. The van der Waals surface area contributed by atoms with Gasteiger partial charge in [-0.2, -0.15) is 5.26 Å². The zero-order valence-electron chi connectivity index (χ0n) is 13.2. The minimum Gasteiger partial charge on any atom is -0.384 e. The van der Waals surface area contributed by atoms with Gasteiger partial charge in [0.15, 0.2) is 0 Å². The highest BCUT2D eigenvalue weighted by Gasteiger charge is 2.58. The number of amides is 2. The van der Waals surface area contributed by atoms with Gasteiger partial charge in [0.1, 0.15) is 11.8 Å². The number of imide groups is 1. The minimum absolute atomic E-state index is 0.0156. The maximum atomic E-state index is 12.5. The minimum atomic E-state index is -0.108. The molecule has 1 saturated carbocycles. The van der Waals surface area contributed by atoms with Crippen LogP contribution in [0.25, 0.3) is 0 Å². The second-order valence-electron chi connectivity index (χ2n) is 6.65. The van der Waals surface area contributed by atoms with Crippen LogP contribution in [0.3, 0.4) is 0 Å². The lowest BCUT2D eigenvalue weighted by Gasteiger charge is -2.17. The summed E-state index contributed by atoms with van der Waals surface area (Å²) in [4.78, 5) is 30.5. The van der Waals surface area contributed by atoms with Gasteiger partial charge in [0.25, 0.3) is 0 Å². The lowest BCUT2D eigenvalue weighted by molar-refractivity contribution is -0.140. The van der Waals surface area contributed by atoms with Gasteiger partial charge in [0.05, 0.1) is 23.7 Å². The molecular formula is C18H18N4O2. The molecular weight excluding hydrogens is 304 g/mol. The van der Waals surface area contributed by atoms with Gasteiger partial charge in [0.2, 0.25) is 11.8 Å². The highest BCUT2D eigenvalue weighted by atomic mass is 16.2. The molecule has 2 amide bonds. The fourth-order valence-electron chi connectivity index (χ4n) is 4.22. The van der Waals surface area contributed by atoms with Gasteiger partial charge in [-0.15, -0.1) is 0 Å². The van der Waals surface area contributed by atoms with E-state index in [0.717, 1.165) is 12.1 Å². The van der Waals surface area contributed by atoms with E-state index in [2.05, 4.69) is 22.5 Å². The number of allylic oxidation sites excluding steroid dienone is 2. The number of rotatable bonds is 5. The first-order valence-electron chi connectivity index (χ1n) is 8.32. The standard InChI is InChI=1S/C18H18N4O2/c19-9-13-4-5-14(10-21-13)20-6-1-7-22-17(23)15-11-2-3-12(8-11)16(15)18(22)24/h2-5,10-12,15-16,20H,1,6-8H2/t11-,12-,15-,16-/m0/s1. The Labute approximate surface area is 140 Å². The number of nitrogens with one attached hydrogen (secondary N) is 1. The Hall–Kier alpha value is -2.68. The van der Waals surface area contributed by atoms with E-state index in [9.17, 15) is 9.59 Å². The van der Waals surface area contributed by atoms with Gasteiger partial charge >= 0.3 is 0 Å². The number of hydrogen-bond acceptors (Lipinski definition) is 5. The van der Waals surface area contributed by atoms with Crippen molar-refractivity contribution in [3.63, 3.8) is 0 Å². The van der Waals surface area contributed by atoms with E-state index < -0.39 is 0 Å². The zero-order valence-corrected chi connectivity index (χ0v) is 13.2. The number of carbonyl (C=O) groups excluding carboxylic acids is 2. The molecule has 3 aliphatic rings. The summed E-state index contributed by atoms with van der Waals surface area (Å²) in [6.07, 6.45) is 7.49. The van der Waals surface area contributed by atoms with Crippen molar-refractivity contribution in [3.8, 4) is 6.07 Å². The average molecular weight is 322 g/mol. The second-order valence-corrected chi connectivity index (χ2v) is 6.65. The topological polar surface area (TPSA) is 86.1 Å². The molecule has 4 atom stereocenters. The molecule has 2 heterocycles. The van der Waals surface area contributed by atoms with Crippen molar-refractivity contribution in [2.45, 2.75) is 12.8 Å². The summed E-state index contributed by atoms with van der Waals surface area (Å²) in [5.41, 5.74) is 1.20. The smallest absolute Gasteiger partial charge is 0.233 e. The summed E-state index contributed by atoms with van der Waals surface area (Å²) in [7, 11) is 0. The fraction of sp³-hybridized carbons (Fsp3) is 0.444. The first-order valence-corrected chi connectivity index (χ1v) is 8.32. The number of nitrogens with zero attached hydrogens (tertiary/aromatic N) is 3. The number of hydrogen-bond donors (Lipinski definition) is 1. The lowest BCUT2D eigenvalue weighted by atomic mass is 9.85. The molecule has 122 valence electrons. The number of anilines is 1. The molecule has 0 radical (unpaired) electrons. The molecule has 1 aromatic heterocycles. The van der Waals surface area contributed by atoms with Crippen LogP contribution in [0, 0.1) is 35.0 Å². The molecule has 1 aromatic rings. The van der Waals surface area contributed by atoms with Gasteiger partial charge in [-0.3, -0.25) is 14.5 Å². The molecule has 1 aliphatic heterocycles. The van der Waals surface area contributed by atoms with Crippen LogP contribution < -0.4 is 5.32 Å². The zero-order chi connectivity index (χ0) is 16.7. The van der Waals surface area contributed by atoms with Crippen LogP contribution >= 0.6 is 0 Å². The molecule has 0 spiro atoms. The molecule has 24 heavy (non-hydrogen) atoms. The Morgan fingerprint density at radius 1 is 1.21 bits per heavy atom. The van der Waals surface area contributed by atoms with Gasteiger partial charge in [-0.25, -0.2) is 4.98 Å². The maximum Gasteiger partial charge on any atom is 0.233 e. The second kappa shape index (κ2) is 5.75. The summed E-state index contributed by atoms with van der Waals surface area (Å²) in [6.45, 7) is 1.10. The van der Waals surface area contributed by atoms with Crippen LogP contribution in [0.15, 0.2) is 30.5 Å². The Balaban J connectivity index is 1.30. The number of likely N-dealkylation sites (tertiary alicyclic amines) is 1. The first-order chi connectivity index (χ1) is 11.7. The Bertz CT molecular complexity index is 719. The predicted octanol–water partition coefficient (Wildman–Crippen LogP) is 1.56. The van der Waals surface area contributed by atoms with Crippen LogP contribution in [-0.4, -0.2) is 34.8 Å². The molecule has 6 nitrogen and oxygen atoms in total. The molecule has 1 saturated heterocycles. The van der Waals surface area contributed by atoms with Gasteiger partial charge in [-0.1, -0.05) is 12.2 Å². The molecule has 2 aliphatic carbocycles. The van der Waals surface area contributed by atoms with Crippen LogP contribution in [-0.2, 0) is 9.59 Å². The molecule has 0 aromatic carbocycles. The molecule has 2 fully saturated rings. The summed E-state index contributed by atoms with van der Waals surface area (Å²) in [6, 6.07) is 5.42. The van der Waals surface area contributed by atoms with Crippen molar-refractivity contribution in [2.24, 2.45) is 23.7 Å². The van der Waals surface area contributed by atoms with Gasteiger partial charge in [0, 0.05) is 13.1 Å². The summed E-state index contributed by atoms with van der Waals surface area (Å²) in [5.74, 6) is 0.351. The Morgan fingerprint density at radius 2 is 1.92 bits per heavy atom. The van der Waals surface area contributed by atoms with Crippen molar-refractivity contribution in [3.05, 3.63) is 36.2 Å². The normalized spacial score (nSPS) is 29.9. The van der Waals surface area contributed by atoms with Crippen molar-refractivity contribution < 1.29 is 9.59 Å². The van der Waals surface area contributed by atoms with Crippen LogP contribution in [0.5, 0.6) is 0 Å². The van der Waals surface area contributed by atoms with Crippen LogP contribution in [0.1, 0.15) is 18.5 Å². The van der Waals surface area contributed by atoms with Crippen LogP contribution in [0.4, 0.5) is 5.69 Å². The molecule has 6 heteroatoms. The SMILES string of the molecule is N#Cc1ccc(NCCCN2C(=O)[C@@H]3[C@@H](C2=O)[C@H]2C=C[C@H]3C2)cn1. The van der Waals surface area contributed by atoms with E-state index in [1.54, 1.807) is 18.3 Å². The van der Waals surface area contributed by atoms with Crippen molar-refractivity contribution in [1.29, 1.82) is 5.26 Å². The van der Waals surface area contributed by atoms with E-state index in [-0.39, 0.29) is 35.5 Å². The Kier molecular flexibility index (Phi) is 3.57. The van der Waals surface area contributed by atoms with Gasteiger partial charge in [-0.05, 0) is 36.8 Å². The number of nitriles is 1. The lowest BCUT2D eigenvalue weighted by Crippen LogP contribution is -2.34. The van der Waals surface area contributed by atoms with Crippen molar-refractivity contribution in [2.75, 3.05) is 18.4 Å². The van der Waals surface area contributed by atoms with Crippen LogP contribution in [0.2, 0.25) is 0 Å². The third kappa shape index (κ3) is 2.28. The van der Waals surface area contributed by atoms with Gasteiger partial charge < -0.3 is 5.32 Å². The maximum absolute atomic E-state index is 12.5. The highest BCUT2D eigenvalue weighted by molar-refractivity contribution is 6.06. The number of aromatic nitrogens is 1. The largest absolute Gasteiger partial charge is 0.384 e. The summed E-state index contributed by atoms with van der Waals surface area (Å²) >= 11 is 0. The van der Waals surface area contributed by atoms with Crippen molar-refractivity contribution >= 4 is 17.5 Å². The highest BCUT2D eigenvalue weighted by Crippen LogP contribution is 2.52. The molecule has 1 N–H and O–H groups in total. The predicted molar refractivity (Wildman–Crippen MR) is 86.5 cm³/mol. The third-order valence-corrected chi connectivity index (χ3v) is 5.33. The van der Waals surface area contributed by atoms with Crippen molar-refractivity contribution in [1.82, 2.24) is 9.88 Å². The summed E-state index contributed by atoms with van der Waals surface area (Å²) < 4.78 is 0. The monoisotopic (exact) mass is 322 g/mol. The molecule has 2 bridgehead atoms.